The Morgan fingerprint density at radius 1 is 1.50 bits per heavy atom. The maximum Gasteiger partial charge on any atom is 0.267 e. The topological polar surface area (TPSA) is 141 Å². The van der Waals surface area contributed by atoms with Crippen LogP contribution in [-0.2, 0) is 14.8 Å². The molecule has 0 saturated carbocycles. The number of anilines is 1. The summed E-state index contributed by atoms with van der Waals surface area (Å²) in [5.74, 6) is -0.480. The maximum absolute atomic E-state index is 11.1. The van der Waals surface area contributed by atoms with Gasteiger partial charge in [0.05, 0.1) is 6.04 Å². The van der Waals surface area contributed by atoms with Crippen molar-refractivity contribution in [1.82, 2.24) is 10.2 Å². The molecule has 5 N–H and O–H groups in total. The van der Waals surface area contributed by atoms with Gasteiger partial charge in [-0.2, -0.15) is 0 Å². The smallest absolute Gasteiger partial charge is 0.267 e. The minimum atomic E-state index is -3.88. The van der Waals surface area contributed by atoms with Crippen LogP contribution >= 0.6 is 28.3 Å². The molecule has 11 heteroatoms. The molecule has 0 spiro atoms. The van der Waals surface area contributed by atoms with Crippen LogP contribution in [0.5, 0.6) is 0 Å². The first-order valence-corrected chi connectivity index (χ1v) is 6.09. The van der Waals surface area contributed by atoms with E-state index in [4.69, 9.17) is 10.9 Å². The number of hydrogen-bond donors (Lipinski definition) is 3. The highest BCUT2D eigenvalue weighted by atomic mass is 79.9. The summed E-state index contributed by atoms with van der Waals surface area (Å²) in [5.41, 5.74) is 5.28. The lowest BCUT2D eigenvalue weighted by molar-refractivity contribution is -0.117. The van der Waals surface area contributed by atoms with E-state index < -0.39 is 22.0 Å². The van der Waals surface area contributed by atoms with Crippen LogP contribution in [0.25, 0.3) is 0 Å². The number of halogens is 1. The minimum absolute atomic E-state index is 0. The highest BCUT2D eigenvalue weighted by molar-refractivity contribution is 8.93. The Kier molecular flexibility index (Phi) is 5.41. The van der Waals surface area contributed by atoms with E-state index in [0.29, 0.717) is 11.3 Å². The molecule has 0 fully saturated rings. The number of carbonyl (C=O) groups excluding carboxylic acids is 1. The van der Waals surface area contributed by atoms with Crippen molar-refractivity contribution in [2.24, 2.45) is 10.9 Å². The fraction of sp³-hybridized carbons (Fsp3) is 0.400. The Morgan fingerprint density at radius 2 is 2.06 bits per heavy atom. The van der Waals surface area contributed by atoms with Gasteiger partial charge in [-0.05, 0) is 6.92 Å². The Hall–Kier alpha value is -0.620. The molecule has 16 heavy (non-hydrogen) atoms. The maximum atomic E-state index is 11.1. The predicted octanol–water partition coefficient (Wildman–Crippen LogP) is -0.951. The highest BCUT2D eigenvalue weighted by Crippen LogP contribution is 2.18. The van der Waals surface area contributed by atoms with Gasteiger partial charge < -0.3 is 5.73 Å². The molecule has 0 aromatic carbocycles. The van der Waals surface area contributed by atoms with Gasteiger partial charge in [0.2, 0.25) is 15.4 Å². The summed E-state index contributed by atoms with van der Waals surface area (Å²) >= 11 is 0.663. The van der Waals surface area contributed by atoms with Crippen LogP contribution in [-0.4, -0.2) is 30.6 Å². The largest absolute Gasteiger partial charge is 0.320 e. The second-order valence-electron chi connectivity index (χ2n) is 2.70. The summed E-state index contributed by atoms with van der Waals surface area (Å²) in [7, 11) is -3.88. The summed E-state index contributed by atoms with van der Waals surface area (Å²) in [5, 5.41) is 13.9. The Bertz CT molecular complexity index is 470. The zero-order valence-corrected chi connectivity index (χ0v) is 11.4. The number of nitrogens with one attached hydrogen (secondary N) is 1. The van der Waals surface area contributed by atoms with Crippen LogP contribution in [0.15, 0.2) is 4.34 Å². The van der Waals surface area contributed by atoms with Crippen molar-refractivity contribution >= 4 is 49.4 Å². The highest BCUT2D eigenvalue weighted by Gasteiger charge is 2.17. The molecule has 0 aliphatic rings. The fourth-order valence-corrected chi connectivity index (χ4v) is 1.93. The zero-order chi connectivity index (χ0) is 11.6. The number of carbonyl (C=O) groups is 1. The van der Waals surface area contributed by atoms with Gasteiger partial charge >= 0.3 is 0 Å². The monoisotopic (exact) mass is 331 g/mol. The van der Waals surface area contributed by atoms with E-state index in [-0.39, 0.29) is 26.5 Å². The number of amides is 1. The van der Waals surface area contributed by atoms with E-state index >= 15 is 0 Å². The van der Waals surface area contributed by atoms with Gasteiger partial charge in [0, 0.05) is 0 Å². The van der Waals surface area contributed by atoms with Crippen LogP contribution < -0.4 is 16.2 Å². The second kappa shape index (κ2) is 5.63. The van der Waals surface area contributed by atoms with Gasteiger partial charge in [0.15, 0.2) is 0 Å². The number of aromatic nitrogens is 2. The first-order valence-electron chi connectivity index (χ1n) is 3.73. The second-order valence-corrected chi connectivity index (χ2v) is 5.41. The molecule has 8 nitrogen and oxygen atoms in total. The molecule has 1 atom stereocenters. The van der Waals surface area contributed by atoms with E-state index in [1.165, 1.54) is 6.92 Å². The van der Waals surface area contributed by atoms with Gasteiger partial charge in [0.25, 0.3) is 10.0 Å². The number of primary sulfonamides is 1. The van der Waals surface area contributed by atoms with Crippen molar-refractivity contribution in [2.75, 3.05) is 5.32 Å². The molecule has 0 aliphatic carbocycles. The molecule has 0 bridgehead atoms. The third kappa shape index (κ3) is 4.09. The van der Waals surface area contributed by atoms with E-state index in [1.807, 2.05) is 0 Å². The lowest BCUT2D eigenvalue weighted by Gasteiger charge is -2.02. The third-order valence-electron chi connectivity index (χ3n) is 1.29. The molecule has 0 unspecified atom stereocenters. The Labute approximate surface area is 106 Å². The third-order valence-corrected chi connectivity index (χ3v) is 3.44. The van der Waals surface area contributed by atoms with E-state index in [9.17, 15) is 13.2 Å². The van der Waals surface area contributed by atoms with Crippen molar-refractivity contribution < 1.29 is 13.2 Å². The van der Waals surface area contributed by atoms with E-state index in [0.717, 1.165) is 0 Å². The Morgan fingerprint density at radius 3 is 2.44 bits per heavy atom. The SMILES string of the molecule is Br.C[C@H](N)C(=O)Nc1nnc(S(N)(=O)=O)s1. The van der Waals surface area contributed by atoms with Crippen LogP contribution in [0.1, 0.15) is 6.92 Å². The minimum Gasteiger partial charge on any atom is -0.320 e. The average molecular weight is 332 g/mol. The molecule has 1 aromatic heterocycles. The quantitative estimate of drug-likeness (QED) is 0.609. The summed E-state index contributed by atoms with van der Waals surface area (Å²) in [6, 6.07) is -0.716. The van der Waals surface area contributed by atoms with Crippen molar-refractivity contribution in [3.8, 4) is 0 Å². The number of nitrogens with two attached hydrogens (primary N) is 2. The standard InChI is InChI=1S/C5H9N5O3S2.BrH/c1-2(6)3(11)8-4-9-10-5(14-4)15(7,12)13;/h2H,6H2,1H3,(H2,7,12,13)(H,8,9,11);1H/t2-;/m0./s1. The molecule has 92 valence electrons. The van der Waals surface area contributed by atoms with Gasteiger partial charge in [0.1, 0.15) is 0 Å². The van der Waals surface area contributed by atoms with Gasteiger partial charge in [-0.3, -0.25) is 10.1 Å². The van der Waals surface area contributed by atoms with Gasteiger partial charge in [-0.1, -0.05) is 11.3 Å². The molecule has 0 aliphatic heterocycles. The lowest BCUT2D eigenvalue weighted by Crippen LogP contribution is -2.32. The summed E-state index contributed by atoms with van der Waals surface area (Å²) in [6.07, 6.45) is 0. The fourth-order valence-electron chi connectivity index (χ4n) is 0.594. The zero-order valence-electron chi connectivity index (χ0n) is 8.08. The van der Waals surface area contributed by atoms with Crippen molar-refractivity contribution in [1.29, 1.82) is 0 Å². The Balaban J connectivity index is 0.00000225. The van der Waals surface area contributed by atoms with Crippen LogP contribution in [0.3, 0.4) is 0 Å². The molecular formula is C5H10BrN5O3S2. The molecule has 1 aromatic rings. The van der Waals surface area contributed by atoms with Crippen LogP contribution in [0, 0.1) is 0 Å². The molecule has 0 saturated heterocycles. The van der Waals surface area contributed by atoms with Crippen LogP contribution in [0.4, 0.5) is 5.13 Å². The van der Waals surface area contributed by atoms with E-state index in [2.05, 4.69) is 15.5 Å². The van der Waals surface area contributed by atoms with Gasteiger partial charge in [-0.25, -0.2) is 13.6 Å². The van der Waals surface area contributed by atoms with Crippen LogP contribution in [0.2, 0.25) is 0 Å². The summed E-state index contributed by atoms with van der Waals surface area (Å²) < 4.78 is 21.3. The summed E-state index contributed by atoms with van der Waals surface area (Å²) in [4.78, 5) is 11.1. The summed E-state index contributed by atoms with van der Waals surface area (Å²) in [6.45, 7) is 1.48. The molecule has 1 amide bonds. The molecule has 0 radical (unpaired) electrons. The average Bonchev–Trinajstić information content (AvgIpc) is 2.51. The van der Waals surface area contributed by atoms with Crippen molar-refractivity contribution in [3.63, 3.8) is 0 Å². The number of hydrogen-bond acceptors (Lipinski definition) is 7. The number of nitrogens with zero attached hydrogens (tertiary/aromatic N) is 2. The molecular weight excluding hydrogens is 322 g/mol. The first kappa shape index (κ1) is 15.4. The molecule has 1 heterocycles. The normalized spacial score (nSPS) is 12.7. The van der Waals surface area contributed by atoms with Crippen molar-refractivity contribution in [3.05, 3.63) is 0 Å². The van der Waals surface area contributed by atoms with E-state index in [1.54, 1.807) is 0 Å². The van der Waals surface area contributed by atoms with Gasteiger partial charge in [-0.15, -0.1) is 27.2 Å². The number of rotatable bonds is 3. The molecule has 1 rings (SSSR count). The van der Waals surface area contributed by atoms with Crippen molar-refractivity contribution in [2.45, 2.75) is 17.3 Å². The predicted molar refractivity (Wildman–Crippen MR) is 63.9 cm³/mol. The first-order chi connectivity index (χ1) is 6.80. The number of sulfonamides is 1. The lowest BCUT2D eigenvalue weighted by atomic mass is 10.3.